The van der Waals surface area contributed by atoms with Crippen LogP contribution in [0, 0.1) is 17.7 Å². The van der Waals surface area contributed by atoms with E-state index in [-0.39, 0.29) is 18.6 Å². The van der Waals surface area contributed by atoms with Crippen molar-refractivity contribution in [3.8, 4) is 17.6 Å². The fraction of sp³-hybridized carbons (Fsp3) is 0.467. The van der Waals surface area contributed by atoms with E-state index < -0.39 is 5.82 Å². The molecule has 0 bridgehead atoms. The molecule has 0 aliphatic carbocycles. The second kappa shape index (κ2) is 7.13. The number of benzene rings is 1. The molecule has 1 unspecified atom stereocenters. The minimum atomic E-state index is -0.440. The van der Waals surface area contributed by atoms with Crippen LogP contribution in [0.4, 0.5) is 4.39 Å². The topological polar surface area (TPSA) is 38.7 Å². The molecule has 1 N–H and O–H groups in total. The third kappa shape index (κ3) is 4.23. The predicted molar refractivity (Wildman–Crippen MR) is 69.2 cm³/mol. The van der Waals surface area contributed by atoms with Gasteiger partial charge in [0.1, 0.15) is 0 Å². The van der Waals surface area contributed by atoms with Gasteiger partial charge in [-0.05, 0) is 31.0 Å². The van der Waals surface area contributed by atoms with E-state index in [1.165, 1.54) is 6.07 Å². The van der Waals surface area contributed by atoms with Gasteiger partial charge in [0.15, 0.2) is 17.9 Å². The second-order valence-corrected chi connectivity index (χ2v) is 4.33. The number of halogens is 1. The summed E-state index contributed by atoms with van der Waals surface area (Å²) in [5.41, 5.74) is 0.572. The summed E-state index contributed by atoms with van der Waals surface area (Å²) in [5.74, 6) is 5.28. The quantitative estimate of drug-likeness (QED) is 0.852. The molecule has 1 heterocycles. The average molecular weight is 264 g/mol. The molecule has 1 aliphatic rings. The highest BCUT2D eigenvalue weighted by molar-refractivity contribution is 5.39. The minimum Gasteiger partial charge on any atom is -0.462 e. The van der Waals surface area contributed by atoms with Gasteiger partial charge in [-0.15, -0.1) is 0 Å². The van der Waals surface area contributed by atoms with Crippen LogP contribution in [-0.2, 0) is 4.74 Å². The molecule has 3 nitrogen and oxygen atoms in total. The van der Waals surface area contributed by atoms with Crippen LogP contribution in [0.3, 0.4) is 0 Å². The van der Waals surface area contributed by atoms with Crippen LogP contribution < -0.4 is 4.74 Å². The Morgan fingerprint density at radius 2 is 2.32 bits per heavy atom. The molecule has 1 fully saturated rings. The molecule has 0 saturated carbocycles. The van der Waals surface area contributed by atoms with Gasteiger partial charge in [-0.25, -0.2) is 4.39 Å². The number of ether oxygens (including phenoxy) is 2. The number of aliphatic hydroxyl groups excluding tert-OH is 1. The van der Waals surface area contributed by atoms with E-state index in [0.29, 0.717) is 18.6 Å². The number of hydrogen-bond acceptors (Lipinski definition) is 3. The van der Waals surface area contributed by atoms with E-state index >= 15 is 0 Å². The molecule has 1 aromatic rings. The Hall–Kier alpha value is -1.57. The SMILES string of the molecule is OCCC#Cc1ccc(OC2CCCCO2)c(F)c1. The fourth-order valence-electron chi connectivity index (χ4n) is 1.84. The molecule has 1 atom stereocenters. The molecule has 1 aliphatic heterocycles. The van der Waals surface area contributed by atoms with Crippen LogP contribution >= 0.6 is 0 Å². The van der Waals surface area contributed by atoms with Crippen LogP contribution in [-0.4, -0.2) is 24.6 Å². The fourth-order valence-corrected chi connectivity index (χ4v) is 1.84. The van der Waals surface area contributed by atoms with Crippen molar-refractivity contribution in [1.29, 1.82) is 0 Å². The second-order valence-electron chi connectivity index (χ2n) is 4.33. The summed E-state index contributed by atoms with van der Waals surface area (Å²) >= 11 is 0. The van der Waals surface area contributed by atoms with Crippen molar-refractivity contribution in [3.63, 3.8) is 0 Å². The van der Waals surface area contributed by atoms with E-state index in [2.05, 4.69) is 11.8 Å². The van der Waals surface area contributed by atoms with Crippen LogP contribution in [0.2, 0.25) is 0 Å². The first kappa shape index (κ1) is 13.9. The van der Waals surface area contributed by atoms with Gasteiger partial charge in [-0.2, -0.15) is 0 Å². The Bertz CT molecular complexity index is 470. The van der Waals surface area contributed by atoms with Crippen molar-refractivity contribution in [2.45, 2.75) is 32.0 Å². The average Bonchev–Trinajstić information content (AvgIpc) is 2.43. The first-order chi connectivity index (χ1) is 9.29. The molecule has 0 amide bonds. The summed E-state index contributed by atoms with van der Waals surface area (Å²) in [6.45, 7) is 0.673. The van der Waals surface area contributed by atoms with Gasteiger partial charge in [0.05, 0.1) is 13.2 Å². The van der Waals surface area contributed by atoms with Crippen LogP contribution in [0.25, 0.3) is 0 Å². The molecule has 0 aromatic heterocycles. The van der Waals surface area contributed by atoms with Gasteiger partial charge < -0.3 is 14.6 Å². The van der Waals surface area contributed by atoms with E-state index in [4.69, 9.17) is 14.6 Å². The Kier molecular flexibility index (Phi) is 5.20. The summed E-state index contributed by atoms with van der Waals surface area (Å²) in [6, 6.07) is 4.60. The standard InChI is InChI=1S/C15H17FO3/c16-13-11-12(5-1-3-9-17)7-8-14(13)19-15-6-2-4-10-18-15/h7-8,11,15,17H,2-4,6,9-10H2. The van der Waals surface area contributed by atoms with Crippen LogP contribution in [0.15, 0.2) is 18.2 Å². The maximum Gasteiger partial charge on any atom is 0.199 e. The summed E-state index contributed by atoms with van der Waals surface area (Å²) < 4.78 is 24.7. The van der Waals surface area contributed by atoms with Gasteiger partial charge in [-0.3, -0.25) is 0 Å². The Morgan fingerprint density at radius 1 is 1.42 bits per heavy atom. The Labute approximate surface area is 112 Å². The molecule has 19 heavy (non-hydrogen) atoms. The molecular formula is C15H17FO3. The van der Waals surface area contributed by atoms with Gasteiger partial charge in [0.2, 0.25) is 0 Å². The number of rotatable bonds is 3. The van der Waals surface area contributed by atoms with E-state index in [1.54, 1.807) is 12.1 Å². The van der Waals surface area contributed by atoms with Crippen molar-refractivity contribution in [2.24, 2.45) is 0 Å². The van der Waals surface area contributed by atoms with E-state index in [9.17, 15) is 4.39 Å². The molecule has 2 rings (SSSR count). The predicted octanol–water partition coefficient (Wildman–Crippen LogP) is 2.47. The third-order valence-electron chi connectivity index (χ3n) is 2.80. The number of aliphatic hydroxyl groups is 1. The smallest absolute Gasteiger partial charge is 0.199 e. The number of hydrogen-bond donors (Lipinski definition) is 1. The highest BCUT2D eigenvalue weighted by Crippen LogP contribution is 2.22. The highest BCUT2D eigenvalue weighted by atomic mass is 19.1. The first-order valence-electron chi connectivity index (χ1n) is 6.47. The zero-order valence-corrected chi connectivity index (χ0v) is 10.7. The lowest BCUT2D eigenvalue weighted by atomic mass is 10.2. The first-order valence-corrected chi connectivity index (χ1v) is 6.47. The molecule has 0 radical (unpaired) electrons. The van der Waals surface area contributed by atoms with E-state index in [1.807, 2.05) is 0 Å². The third-order valence-corrected chi connectivity index (χ3v) is 2.80. The lowest BCUT2D eigenvalue weighted by Gasteiger charge is -2.23. The molecule has 4 heteroatoms. The monoisotopic (exact) mass is 264 g/mol. The largest absolute Gasteiger partial charge is 0.462 e. The van der Waals surface area contributed by atoms with Crippen molar-refractivity contribution in [3.05, 3.63) is 29.6 Å². The normalized spacial score (nSPS) is 18.5. The molecule has 102 valence electrons. The van der Waals surface area contributed by atoms with E-state index in [0.717, 1.165) is 19.3 Å². The summed E-state index contributed by atoms with van der Waals surface area (Å²) in [4.78, 5) is 0. The zero-order valence-electron chi connectivity index (χ0n) is 10.7. The lowest BCUT2D eigenvalue weighted by molar-refractivity contribution is -0.107. The van der Waals surface area contributed by atoms with Crippen molar-refractivity contribution < 1.29 is 19.0 Å². The summed E-state index contributed by atoms with van der Waals surface area (Å²) in [6.07, 6.45) is 2.89. The van der Waals surface area contributed by atoms with Crippen molar-refractivity contribution >= 4 is 0 Å². The maximum atomic E-state index is 13.8. The van der Waals surface area contributed by atoms with Gasteiger partial charge in [0.25, 0.3) is 0 Å². The minimum absolute atomic E-state index is 0.00962. The summed E-state index contributed by atoms with van der Waals surface area (Å²) in [7, 11) is 0. The Morgan fingerprint density at radius 3 is 3.00 bits per heavy atom. The highest BCUT2D eigenvalue weighted by Gasteiger charge is 2.17. The Balaban J connectivity index is 2.00. The summed E-state index contributed by atoms with van der Waals surface area (Å²) in [5, 5.41) is 8.61. The molecule has 0 spiro atoms. The van der Waals surface area contributed by atoms with Crippen LogP contribution in [0.1, 0.15) is 31.2 Å². The van der Waals surface area contributed by atoms with Gasteiger partial charge >= 0.3 is 0 Å². The van der Waals surface area contributed by atoms with Crippen molar-refractivity contribution in [2.75, 3.05) is 13.2 Å². The van der Waals surface area contributed by atoms with Gasteiger partial charge in [-0.1, -0.05) is 11.8 Å². The lowest BCUT2D eigenvalue weighted by Crippen LogP contribution is -2.25. The maximum absolute atomic E-state index is 13.8. The van der Waals surface area contributed by atoms with Crippen LogP contribution in [0.5, 0.6) is 5.75 Å². The van der Waals surface area contributed by atoms with Gasteiger partial charge in [0, 0.05) is 18.4 Å². The molecule has 1 saturated heterocycles. The molecule has 1 aromatic carbocycles. The zero-order chi connectivity index (χ0) is 13.5. The molecular weight excluding hydrogens is 247 g/mol. The van der Waals surface area contributed by atoms with Crippen molar-refractivity contribution in [1.82, 2.24) is 0 Å².